The van der Waals surface area contributed by atoms with Crippen LogP contribution in [0, 0.1) is 5.92 Å². The molecule has 1 spiro atoms. The number of fused-ring (bicyclic) bond motifs is 2. The van der Waals surface area contributed by atoms with Crippen LogP contribution in [0.3, 0.4) is 0 Å². The molecule has 0 atom stereocenters. The number of nitrogens with zero attached hydrogens (tertiary/aromatic N) is 3. The Balaban J connectivity index is 1.43. The molecule has 0 aromatic carbocycles. The van der Waals surface area contributed by atoms with E-state index in [1.807, 2.05) is 21.7 Å². The van der Waals surface area contributed by atoms with Crippen molar-refractivity contribution < 1.29 is 9.59 Å². The first-order valence-electron chi connectivity index (χ1n) is 9.35. The van der Waals surface area contributed by atoms with Crippen LogP contribution in [0.25, 0.3) is 0 Å². The number of thiophene rings is 1. The van der Waals surface area contributed by atoms with E-state index in [1.165, 1.54) is 0 Å². The summed E-state index contributed by atoms with van der Waals surface area (Å²) in [4.78, 5) is 37.6. The fourth-order valence-electron chi connectivity index (χ4n) is 4.51. The summed E-state index contributed by atoms with van der Waals surface area (Å²) in [6.45, 7) is 2.08. The molecule has 4 heterocycles. The molecule has 7 heteroatoms. The van der Waals surface area contributed by atoms with Crippen LogP contribution in [0.15, 0.2) is 23.2 Å². The van der Waals surface area contributed by atoms with Gasteiger partial charge in [-0.05, 0) is 37.1 Å². The number of imidazole rings is 1. The van der Waals surface area contributed by atoms with E-state index >= 15 is 0 Å². The van der Waals surface area contributed by atoms with Crippen LogP contribution >= 0.6 is 11.3 Å². The standard InChI is InChI=1S/C19H22N4O2S/c24-17(14-4-10-26-11-14)22-8-5-19(6-9-22)16-15(20-12-21-16)3-7-23(19)18(25)13-1-2-13/h4,10-13H,1-3,5-9H2,(H,20,21). The van der Waals surface area contributed by atoms with Gasteiger partial charge in [-0.1, -0.05) is 0 Å². The summed E-state index contributed by atoms with van der Waals surface area (Å²) in [5.41, 5.74) is 2.60. The van der Waals surface area contributed by atoms with Crippen LogP contribution in [-0.2, 0) is 16.8 Å². The van der Waals surface area contributed by atoms with E-state index in [0.717, 1.165) is 55.6 Å². The largest absolute Gasteiger partial charge is 0.348 e. The number of hydrogen-bond acceptors (Lipinski definition) is 4. The van der Waals surface area contributed by atoms with Crippen molar-refractivity contribution in [3.8, 4) is 0 Å². The summed E-state index contributed by atoms with van der Waals surface area (Å²) < 4.78 is 0. The number of amides is 2. The summed E-state index contributed by atoms with van der Waals surface area (Å²) in [5.74, 6) is 0.591. The first-order valence-corrected chi connectivity index (χ1v) is 10.3. The lowest BCUT2D eigenvalue weighted by atomic mass is 9.78. The van der Waals surface area contributed by atoms with E-state index in [2.05, 4.69) is 14.9 Å². The van der Waals surface area contributed by atoms with Gasteiger partial charge in [-0.2, -0.15) is 11.3 Å². The molecule has 26 heavy (non-hydrogen) atoms. The smallest absolute Gasteiger partial charge is 0.254 e. The monoisotopic (exact) mass is 370 g/mol. The van der Waals surface area contributed by atoms with Gasteiger partial charge in [0.15, 0.2) is 0 Å². The Morgan fingerprint density at radius 2 is 2.04 bits per heavy atom. The Kier molecular flexibility index (Phi) is 3.67. The molecule has 0 unspecified atom stereocenters. The van der Waals surface area contributed by atoms with Crippen LogP contribution in [0.1, 0.15) is 47.4 Å². The molecule has 2 aliphatic heterocycles. The molecule has 2 aromatic heterocycles. The number of H-pyrrole nitrogens is 1. The molecule has 5 rings (SSSR count). The number of aromatic amines is 1. The highest BCUT2D eigenvalue weighted by Crippen LogP contribution is 2.45. The Morgan fingerprint density at radius 3 is 2.73 bits per heavy atom. The van der Waals surface area contributed by atoms with E-state index in [1.54, 1.807) is 17.7 Å². The van der Waals surface area contributed by atoms with Crippen LogP contribution in [0.5, 0.6) is 0 Å². The summed E-state index contributed by atoms with van der Waals surface area (Å²) >= 11 is 1.55. The van der Waals surface area contributed by atoms with Crippen molar-refractivity contribution in [3.63, 3.8) is 0 Å². The van der Waals surface area contributed by atoms with Crippen molar-refractivity contribution in [2.45, 2.75) is 37.6 Å². The maximum absolute atomic E-state index is 13.0. The maximum atomic E-state index is 13.0. The molecule has 0 bridgehead atoms. The third-order valence-electron chi connectivity index (χ3n) is 6.10. The molecule has 1 saturated heterocycles. The third kappa shape index (κ3) is 2.40. The molecule has 136 valence electrons. The summed E-state index contributed by atoms with van der Waals surface area (Å²) in [7, 11) is 0. The highest BCUT2D eigenvalue weighted by molar-refractivity contribution is 7.08. The van der Waals surface area contributed by atoms with Gasteiger partial charge in [0, 0.05) is 43.0 Å². The molecule has 1 N–H and O–H groups in total. The fourth-order valence-corrected chi connectivity index (χ4v) is 5.13. The van der Waals surface area contributed by atoms with Gasteiger partial charge < -0.3 is 14.8 Å². The predicted octanol–water partition coefficient (Wildman–Crippen LogP) is 2.40. The van der Waals surface area contributed by atoms with Gasteiger partial charge in [-0.15, -0.1) is 0 Å². The zero-order valence-corrected chi connectivity index (χ0v) is 15.4. The van der Waals surface area contributed by atoms with Crippen LogP contribution < -0.4 is 0 Å². The number of nitrogens with one attached hydrogen (secondary N) is 1. The summed E-state index contributed by atoms with van der Waals surface area (Å²) in [6.07, 6.45) is 6.15. The minimum Gasteiger partial charge on any atom is -0.348 e. The number of carbonyl (C=O) groups is 2. The Bertz CT molecular complexity index is 832. The van der Waals surface area contributed by atoms with Crippen molar-refractivity contribution in [1.29, 1.82) is 0 Å². The lowest BCUT2D eigenvalue weighted by Crippen LogP contribution is -2.59. The summed E-state index contributed by atoms with van der Waals surface area (Å²) in [5, 5.41) is 3.84. The zero-order valence-electron chi connectivity index (χ0n) is 14.6. The number of likely N-dealkylation sites (tertiary alicyclic amines) is 1. The molecule has 2 aromatic rings. The van der Waals surface area contributed by atoms with Crippen molar-refractivity contribution in [2.24, 2.45) is 5.92 Å². The molecule has 3 aliphatic rings. The van der Waals surface area contributed by atoms with Gasteiger partial charge in [-0.3, -0.25) is 9.59 Å². The van der Waals surface area contributed by atoms with E-state index in [4.69, 9.17) is 0 Å². The van der Waals surface area contributed by atoms with Gasteiger partial charge in [-0.25, -0.2) is 4.98 Å². The number of carbonyl (C=O) groups excluding carboxylic acids is 2. The number of piperidine rings is 1. The van der Waals surface area contributed by atoms with Crippen LogP contribution in [0.4, 0.5) is 0 Å². The molecular weight excluding hydrogens is 348 g/mol. The minimum atomic E-state index is -0.349. The molecule has 1 aliphatic carbocycles. The molecule has 1 saturated carbocycles. The Hall–Kier alpha value is -2.15. The molecule has 0 radical (unpaired) electrons. The fraction of sp³-hybridized carbons (Fsp3) is 0.526. The van der Waals surface area contributed by atoms with Crippen molar-refractivity contribution in [2.75, 3.05) is 19.6 Å². The zero-order chi connectivity index (χ0) is 17.7. The Labute approximate surface area is 156 Å². The number of rotatable bonds is 2. The van der Waals surface area contributed by atoms with Crippen molar-refractivity contribution in [3.05, 3.63) is 40.1 Å². The molecule has 2 fully saturated rings. The minimum absolute atomic E-state index is 0.0965. The second kappa shape index (κ2) is 5.94. The first kappa shape index (κ1) is 16.1. The van der Waals surface area contributed by atoms with Gasteiger partial charge in [0.1, 0.15) is 0 Å². The van der Waals surface area contributed by atoms with Gasteiger partial charge in [0.25, 0.3) is 5.91 Å². The predicted molar refractivity (Wildman–Crippen MR) is 97.9 cm³/mol. The highest BCUT2D eigenvalue weighted by atomic mass is 32.1. The average Bonchev–Trinajstić information content (AvgIpc) is 3.16. The molecule has 2 amide bonds. The molecule has 6 nitrogen and oxygen atoms in total. The molecular formula is C19H22N4O2S. The van der Waals surface area contributed by atoms with Crippen LogP contribution in [-0.4, -0.2) is 51.2 Å². The second-order valence-corrected chi connectivity index (χ2v) is 8.36. The van der Waals surface area contributed by atoms with E-state index < -0.39 is 0 Å². The SMILES string of the molecule is O=C(c1ccsc1)N1CCC2(CC1)c1nc[nH]c1CCN2C(=O)C1CC1. The van der Waals surface area contributed by atoms with Crippen molar-refractivity contribution >= 4 is 23.2 Å². The normalized spacial score (nSPS) is 21.7. The second-order valence-electron chi connectivity index (χ2n) is 7.58. The van der Waals surface area contributed by atoms with Gasteiger partial charge in [0.2, 0.25) is 5.91 Å². The third-order valence-corrected chi connectivity index (χ3v) is 6.78. The quantitative estimate of drug-likeness (QED) is 0.883. The topological polar surface area (TPSA) is 69.3 Å². The van der Waals surface area contributed by atoms with E-state index in [9.17, 15) is 9.59 Å². The number of aromatic nitrogens is 2. The first-order chi connectivity index (χ1) is 12.7. The van der Waals surface area contributed by atoms with Crippen molar-refractivity contribution in [1.82, 2.24) is 19.8 Å². The van der Waals surface area contributed by atoms with E-state index in [-0.39, 0.29) is 23.3 Å². The Morgan fingerprint density at radius 1 is 1.23 bits per heavy atom. The van der Waals surface area contributed by atoms with Crippen LogP contribution in [0.2, 0.25) is 0 Å². The van der Waals surface area contributed by atoms with Gasteiger partial charge >= 0.3 is 0 Å². The number of hydrogen-bond donors (Lipinski definition) is 1. The maximum Gasteiger partial charge on any atom is 0.254 e. The highest BCUT2D eigenvalue weighted by Gasteiger charge is 2.51. The lowest BCUT2D eigenvalue weighted by molar-refractivity contribution is -0.143. The lowest BCUT2D eigenvalue weighted by Gasteiger charge is -2.50. The van der Waals surface area contributed by atoms with E-state index in [0.29, 0.717) is 13.1 Å². The summed E-state index contributed by atoms with van der Waals surface area (Å²) in [6, 6.07) is 1.88. The average molecular weight is 370 g/mol. The van der Waals surface area contributed by atoms with Gasteiger partial charge in [0.05, 0.1) is 23.1 Å².